The van der Waals surface area contributed by atoms with Gasteiger partial charge in [-0.25, -0.2) is 18.2 Å². The van der Waals surface area contributed by atoms with E-state index >= 15 is 0 Å². The highest BCUT2D eigenvalue weighted by Crippen LogP contribution is 2.40. The lowest BCUT2D eigenvalue weighted by molar-refractivity contribution is -0.158. The largest absolute Gasteiger partial charge is 0.408 e. The number of rotatable bonds is 5. The van der Waals surface area contributed by atoms with Gasteiger partial charge < -0.3 is 10.2 Å². The maximum atomic E-state index is 14.9. The molecule has 208 valence electrons. The summed E-state index contributed by atoms with van der Waals surface area (Å²) in [5.74, 6) is -4.83. The van der Waals surface area contributed by atoms with Crippen LogP contribution in [0.1, 0.15) is 43.5 Å². The highest BCUT2D eigenvalue weighted by Gasteiger charge is 2.50. The van der Waals surface area contributed by atoms with Gasteiger partial charge in [0.15, 0.2) is 17.3 Å². The third-order valence-electron chi connectivity index (χ3n) is 7.69. The Morgan fingerprint density at radius 2 is 1.72 bits per heavy atom. The number of anilines is 1. The molecular weight excluding hydrogens is 526 g/mol. The molecule has 0 spiro atoms. The first-order valence-corrected chi connectivity index (χ1v) is 12.7. The molecule has 39 heavy (non-hydrogen) atoms. The molecule has 12 heteroatoms. The molecule has 1 amide bonds. The van der Waals surface area contributed by atoms with Crippen LogP contribution < -0.4 is 15.6 Å². The van der Waals surface area contributed by atoms with Gasteiger partial charge in [0.05, 0.1) is 5.39 Å². The minimum absolute atomic E-state index is 0.223. The zero-order valence-corrected chi connectivity index (χ0v) is 21.2. The van der Waals surface area contributed by atoms with Crippen LogP contribution in [0.5, 0.6) is 0 Å². The normalized spacial score (nSPS) is 20.8. The molecule has 2 aliphatic rings. The monoisotopic (exact) mass is 552 g/mol. The van der Waals surface area contributed by atoms with Gasteiger partial charge in [-0.05, 0) is 49.1 Å². The van der Waals surface area contributed by atoms with Crippen LogP contribution in [0.4, 0.5) is 32.2 Å². The number of amides is 1. The van der Waals surface area contributed by atoms with Gasteiger partial charge in [0, 0.05) is 31.4 Å². The summed E-state index contributed by atoms with van der Waals surface area (Å²) < 4.78 is 85.0. The van der Waals surface area contributed by atoms with E-state index in [0.29, 0.717) is 42.9 Å². The third kappa shape index (κ3) is 5.20. The highest BCUT2D eigenvalue weighted by atomic mass is 19.4. The molecule has 5 rings (SSSR count). The van der Waals surface area contributed by atoms with Crippen LogP contribution in [0, 0.1) is 35.2 Å². The quantitative estimate of drug-likeness (QED) is 0.433. The van der Waals surface area contributed by atoms with Crippen LogP contribution in [-0.4, -0.2) is 40.8 Å². The molecule has 3 atom stereocenters. The van der Waals surface area contributed by atoms with Crippen LogP contribution in [0.2, 0.25) is 0 Å². The second-order valence-corrected chi connectivity index (χ2v) is 10.5. The molecule has 3 heterocycles. The van der Waals surface area contributed by atoms with Gasteiger partial charge in [-0.1, -0.05) is 13.8 Å². The molecule has 1 aliphatic carbocycles. The fourth-order valence-electron chi connectivity index (χ4n) is 5.05. The summed E-state index contributed by atoms with van der Waals surface area (Å²) in [6, 6.07) is 1.53. The van der Waals surface area contributed by atoms with Crippen molar-refractivity contribution in [2.24, 2.45) is 17.8 Å². The lowest BCUT2D eigenvalue weighted by Crippen LogP contribution is -2.48. The Labute approximate surface area is 219 Å². The van der Waals surface area contributed by atoms with Crippen LogP contribution in [0.3, 0.4) is 0 Å². The van der Waals surface area contributed by atoms with Crippen molar-refractivity contribution in [3.8, 4) is 5.69 Å². The van der Waals surface area contributed by atoms with Gasteiger partial charge in [-0.3, -0.25) is 14.2 Å². The lowest BCUT2D eigenvalue weighted by Gasteiger charge is -2.36. The molecular formula is C27H26F6N4O2. The first-order chi connectivity index (χ1) is 18.3. The fourth-order valence-corrected chi connectivity index (χ4v) is 5.05. The number of nitrogens with zero attached hydrogens (tertiary/aromatic N) is 3. The molecule has 0 bridgehead atoms. The number of hydrogen-bond acceptors (Lipinski definition) is 4. The summed E-state index contributed by atoms with van der Waals surface area (Å²) in [5.41, 5.74) is -2.75. The second kappa shape index (κ2) is 9.87. The van der Waals surface area contributed by atoms with E-state index in [-0.39, 0.29) is 23.9 Å². The first kappa shape index (κ1) is 27.0. The molecule has 2 fully saturated rings. The Balaban J connectivity index is 1.67. The molecule has 1 N–H and O–H groups in total. The molecule has 2 aromatic heterocycles. The average molecular weight is 553 g/mol. The summed E-state index contributed by atoms with van der Waals surface area (Å²) in [6.45, 7) is 5.50. The van der Waals surface area contributed by atoms with Crippen LogP contribution in [0.15, 0.2) is 35.3 Å². The number of carbonyl (C=O) groups is 1. The number of nitrogens with one attached hydrogen (secondary N) is 1. The van der Waals surface area contributed by atoms with Gasteiger partial charge in [-0.2, -0.15) is 13.2 Å². The van der Waals surface area contributed by atoms with E-state index in [1.165, 1.54) is 12.1 Å². The second-order valence-electron chi connectivity index (χ2n) is 10.5. The average Bonchev–Trinajstić information content (AvgIpc) is 3.69. The van der Waals surface area contributed by atoms with Crippen molar-refractivity contribution < 1.29 is 31.1 Å². The van der Waals surface area contributed by atoms with Crippen LogP contribution >= 0.6 is 0 Å². The van der Waals surface area contributed by atoms with E-state index in [9.17, 15) is 35.9 Å². The number of hydrogen-bond donors (Lipinski definition) is 1. The van der Waals surface area contributed by atoms with Crippen molar-refractivity contribution in [1.29, 1.82) is 0 Å². The van der Waals surface area contributed by atoms with Crippen molar-refractivity contribution in [3.63, 3.8) is 0 Å². The van der Waals surface area contributed by atoms with E-state index in [4.69, 9.17) is 0 Å². The van der Waals surface area contributed by atoms with Crippen molar-refractivity contribution in [2.75, 3.05) is 18.0 Å². The van der Waals surface area contributed by atoms with E-state index in [0.717, 1.165) is 17.2 Å². The number of fused-ring (bicyclic) bond motifs is 1. The van der Waals surface area contributed by atoms with Gasteiger partial charge in [0.2, 0.25) is 5.43 Å². The molecule has 3 unspecified atom stereocenters. The van der Waals surface area contributed by atoms with Crippen molar-refractivity contribution >= 4 is 22.8 Å². The Morgan fingerprint density at radius 1 is 1.05 bits per heavy atom. The van der Waals surface area contributed by atoms with Crippen molar-refractivity contribution in [2.45, 2.75) is 45.3 Å². The molecule has 6 nitrogen and oxygen atoms in total. The number of aromatic nitrogens is 2. The summed E-state index contributed by atoms with van der Waals surface area (Å²) in [5, 5.41) is 1.64. The number of pyridine rings is 2. The standard InChI is InChI=1S/C27H26F6N4O2/c1-13-7-8-36(11-14(13)2)21-6-5-17-23(38)18(26(39)35-24(15-3-4-15)27(31,32)33)12-37(25(17)34-21)22-19(29)9-16(28)10-20(22)30/h5-6,9-10,12-15,24H,3-4,7-8,11H2,1-2H3,(H,35,39). The molecule has 1 aliphatic heterocycles. The van der Waals surface area contributed by atoms with Gasteiger partial charge in [0.25, 0.3) is 5.91 Å². The van der Waals surface area contributed by atoms with E-state index < -0.39 is 58.2 Å². The number of carbonyl (C=O) groups excluding carboxylic acids is 1. The maximum Gasteiger partial charge on any atom is 0.408 e. The third-order valence-corrected chi connectivity index (χ3v) is 7.69. The number of piperidine rings is 1. The number of alkyl halides is 3. The van der Waals surface area contributed by atoms with Crippen molar-refractivity contribution in [3.05, 3.63) is 63.7 Å². The van der Waals surface area contributed by atoms with Crippen LogP contribution in [0.25, 0.3) is 16.7 Å². The van der Waals surface area contributed by atoms with E-state index in [1.54, 1.807) is 0 Å². The van der Waals surface area contributed by atoms with Crippen molar-refractivity contribution in [1.82, 2.24) is 14.9 Å². The smallest absolute Gasteiger partial charge is 0.356 e. The molecule has 1 saturated carbocycles. The number of benzene rings is 1. The topological polar surface area (TPSA) is 67.2 Å². The summed E-state index contributed by atoms with van der Waals surface area (Å²) in [6.07, 6.45) is -2.59. The first-order valence-electron chi connectivity index (χ1n) is 12.7. The van der Waals surface area contributed by atoms with Gasteiger partial charge >= 0.3 is 6.18 Å². The SMILES string of the molecule is CC1CCN(c2ccc3c(=O)c(C(=O)NC(C4CC4)C(F)(F)F)cn(-c4c(F)cc(F)cc4F)c3n2)CC1C. The predicted octanol–water partition coefficient (Wildman–Crippen LogP) is 5.36. The van der Waals surface area contributed by atoms with Gasteiger partial charge in [0.1, 0.15) is 28.9 Å². The minimum atomic E-state index is -4.75. The number of halogens is 6. The minimum Gasteiger partial charge on any atom is -0.356 e. The fraction of sp³-hybridized carbons (Fsp3) is 0.444. The Bertz CT molecular complexity index is 1480. The maximum absolute atomic E-state index is 14.9. The zero-order chi connectivity index (χ0) is 28.2. The molecule has 0 radical (unpaired) electrons. The molecule has 1 saturated heterocycles. The summed E-state index contributed by atoms with van der Waals surface area (Å²) in [4.78, 5) is 32.8. The Hall–Kier alpha value is -3.57. The summed E-state index contributed by atoms with van der Waals surface area (Å²) >= 11 is 0. The Kier molecular flexibility index (Phi) is 6.84. The molecule has 1 aromatic carbocycles. The van der Waals surface area contributed by atoms with Gasteiger partial charge in [-0.15, -0.1) is 0 Å². The molecule has 3 aromatic rings. The summed E-state index contributed by atoms with van der Waals surface area (Å²) in [7, 11) is 0. The van der Waals surface area contributed by atoms with Crippen LogP contribution in [-0.2, 0) is 0 Å². The zero-order valence-electron chi connectivity index (χ0n) is 21.2. The predicted molar refractivity (Wildman–Crippen MR) is 132 cm³/mol. The lowest BCUT2D eigenvalue weighted by atomic mass is 9.89. The van der Waals surface area contributed by atoms with E-state index in [1.807, 2.05) is 10.2 Å². The Morgan fingerprint density at radius 3 is 2.31 bits per heavy atom. The van der Waals surface area contributed by atoms with E-state index in [2.05, 4.69) is 18.8 Å². The highest BCUT2D eigenvalue weighted by molar-refractivity contribution is 5.97.